The molecule has 2 aromatic heterocycles. The zero-order valence-electron chi connectivity index (χ0n) is 22.7. The number of fused-ring (bicyclic) bond motifs is 1. The van der Waals surface area contributed by atoms with Gasteiger partial charge in [-0.15, -0.1) is 0 Å². The van der Waals surface area contributed by atoms with Crippen molar-refractivity contribution in [2.45, 2.75) is 45.8 Å². The molecular weight excluding hydrogens is 482 g/mol. The third-order valence-corrected chi connectivity index (χ3v) is 5.75. The Morgan fingerprint density at radius 1 is 1.08 bits per heavy atom. The molecule has 0 bridgehead atoms. The van der Waals surface area contributed by atoms with Crippen LogP contribution >= 0.6 is 0 Å². The molecule has 2 heterocycles. The number of H-pyrrole nitrogens is 1. The molecule has 8 nitrogen and oxygen atoms in total. The van der Waals surface area contributed by atoms with E-state index in [1.807, 2.05) is 68.6 Å². The third-order valence-electron chi connectivity index (χ3n) is 5.75. The second-order valence-electron chi connectivity index (χ2n) is 9.22. The molecule has 1 atom stereocenters. The number of carbonyl (C=O) groups excluding carboxylic acids is 1. The first-order valence-corrected chi connectivity index (χ1v) is 12.8. The first kappa shape index (κ1) is 28.7. The van der Waals surface area contributed by atoms with Gasteiger partial charge in [-0.25, -0.2) is 9.78 Å². The molecular formula is C30H37N3O5. The number of nitrogens with zero attached hydrogens (tertiary/aromatic N) is 1. The maximum Gasteiger partial charge on any atom is 0.339 e. The molecule has 0 fully saturated rings. The number of methoxy groups -OCH3 is 1. The van der Waals surface area contributed by atoms with Crippen molar-refractivity contribution in [1.82, 2.24) is 15.3 Å². The number of aliphatic hydroxyl groups excluding tert-OH is 1. The molecule has 3 N–H and O–H groups in total. The lowest BCUT2D eigenvalue weighted by Gasteiger charge is -2.28. The molecule has 0 aliphatic carbocycles. The topological polar surface area (TPSA) is 106 Å². The van der Waals surface area contributed by atoms with E-state index in [9.17, 15) is 9.90 Å². The standard InChI is InChI=1S/C28H31N3O5.C2H6/c1-28(2,31-17-21(32)18-35-25-6-4-5-24-23(25)13-14-29-24)15-19-7-10-22(11-8-19)36-26-12-9-20(16-30-26)27(33)34-3;1-2/h4-14,16,21,29,31-32H,15,17-18H2,1-3H3;1-2H3. The van der Waals surface area contributed by atoms with Crippen LogP contribution in [0.5, 0.6) is 17.4 Å². The fourth-order valence-corrected chi connectivity index (χ4v) is 3.87. The average molecular weight is 520 g/mol. The second kappa shape index (κ2) is 13.6. The number of carbonyl (C=O) groups is 1. The highest BCUT2D eigenvalue weighted by atomic mass is 16.5. The van der Waals surface area contributed by atoms with Gasteiger partial charge in [-0.2, -0.15) is 0 Å². The summed E-state index contributed by atoms with van der Waals surface area (Å²) in [6.45, 7) is 8.80. The number of ether oxygens (including phenoxy) is 3. The van der Waals surface area contributed by atoms with Gasteiger partial charge in [-0.3, -0.25) is 0 Å². The van der Waals surface area contributed by atoms with Gasteiger partial charge in [-0.05, 0) is 62.2 Å². The maximum atomic E-state index is 11.5. The van der Waals surface area contributed by atoms with E-state index in [4.69, 9.17) is 9.47 Å². The van der Waals surface area contributed by atoms with Crippen LogP contribution in [-0.4, -0.2) is 52.9 Å². The summed E-state index contributed by atoms with van der Waals surface area (Å²) in [5.41, 5.74) is 2.25. The Morgan fingerprint density at radius 3 is 2.53 bits per heavy atom. The van der Waals surface area contributed by atoms with Gasteiger partial charge >= 0.3 is 5.97 Å². The van der Waals surface area contributed by atoms with E-state index in [1.165, 1.54) is 13.3 Å². The van der Waals surface area contributed by atoms with Crippen LogP contribution in [0, 0.1) is 0 Å². The van der Waals surface area contributed by atoms with Crippen LogP contribution < -0.4 is 14.8 Å². The minimum Gasteiger partial charge on any atom is -0.490 e. The molecule has 1 unspecified atom stereocenters. The number of aliphatic hydroxyl groups is 1. The highest BCUT2D eigenvalue weighted by Gasteiger charge is 2.20. The fourth-order valence-electron chi connectivity index (χ4n) is 3.87. The maximum absolute atomic E-state index is 11.5. The number of rotatable bonds is 11. The Balaban J connectivity index is 0.00000195. The Hall–Kier alpha value is -3.88. The van der Waals surface area contributed by atoms with E-state index in [1.54, 1.807) is 12.1 Å². The minimum atomic E-state index is -0.646. The van der Waals surface area contributed by atoms with Crippen molar-refractivity contribution in [2.75, 3.05) is 20.3 Å². The van der Waals surface area contributed by atoms with Crippen molar-refractivity contribution in [3.05, 3.63) is 84.2 Å². The molecule has 4 aromatic rings. The molecule has 0 amide bonds. The molecule has 0 aliphatic rings. The summed E-state index contributed by atoms with van der Waals surface area (Å²) in [6, 6.07) is 18.8. The first-order valence-electron chi connectivity index (χ1n) is 12.8. The largest absolute Gasteiger partial charge is 0.490 e. The van der Waals surface area contributed by atoms with Gasteiger partial charge in [0.2, 0.25) is 5.88 Å². The summed E-state index contributed by atoms with van der Waals surface area (Å²) in [6.07, 6.45) is 3.41. The molecule has 38 heavy (non-hydrogen) atoms. The quantitative estimate of drug-likeness (QED) is 0.224. The highest BCUT2D eigenvalue weighted by molar-refractivity contribution is 5.89. The SMILES string of the molecule is CC.COC(=O)c1ccc(Oc2ccc(CC(C)(C)NCC(O)COc3cccc4[nH]ccc34)cc2)nc1. The van der Waals surface area contributed by atoms with E-state index in [-0.39, 0.29) is 12.1 Å². The number of aromatic amines is 1. The summed E-state index contributed by atoms with van der Waals surface area (Å²) in [7, 11) is 1.33. The third kappa shape index (κ3) is 8.06. The molecule has 0 saturated heterocycles. The van der Waals surface area contributed by atoms with Crippen molar-refractivity contribution < 1.29 is 24.1 Å². The van der Waals surface area contributed by atoms with Gasteiger partial charge in [0.15, 0.2) is 0 Å². The molecule has 0 radical (unpaired) electrons. The molecule has 202 valence electrons. The van der Waals surface area contributed by atoms with Crippen LogP contribution in [0.1, 0.15) is 43.6 Å². The highest BCUT2D eigenvalue weighted by Crippen LogP contribution is 2.25. The second-order valence-corrected chi connectivity index (χ2v) is 9.22. The predicted molar refractivity (Wildman–Crippen MR) is 149 cm³/mol. The number of benzene rings is 2. The van der Waals surface area contributed by atoms with Crippen molar-refractivity contribution in [1.29, 1.82) is 0 Å². The monoisotopic (exact) mass is 519 g/mol. The molecule has 4 rings (SSSR count). The van der Waals surface area contributed by atoms with Crippen LogP contribution in [0.15, 0.2) is 73.1 Å². The van der Waals surface area contributed by atoms with Crippen molar-refractivity contribution in [3.63, 3.8) is 0 Å². The molecule has 0 aliphatic heterocycles. The lowest BCUT2D eigenvalue weighted by atomic mass is 9.94. The van der Waals surface area contributed by atoms with Crippen LogP contribution in [0.25, 0.3) is 10.9 Å². The summed E-state index contributed by atoms with van der Waals surface area (Å²) in [5.74, 6) is 1.35. The van der Waals surface area contributed by atoms with E-state index < -0.39 is 12.1 Å². The van der Waals surface area contributed by atoms with Gasteiger partial charge in [0.05, 0.1) is 12.7 Å². The number of hydrogen-bond donors (Lipinski definition) is 3. The normalized spacial score (nSPS) is 11.8. The minimum absolute atomic E-state index is 0.202. The summed E-state index contributed by atoms with van der Waals surface area (Å²) in [5, 5.41) is 14.9. The Kier molecular flexibility index (Phi) is 10.3. The molecule has 0 saturated carbocycles. The molecule has 0 spiro atoms. The zero-order chi connectivity index (χ0) is 27.5. The number of aromatic nitrogens is 2. The summed E-state index contributed by atoms with van der Waals surface area (Å²) < 4.78 is 16.3. The van der Waals surface area contributed by atoms with Gasteiger partial charge in [0.25, 0.3) is 0 Å². The number of pyridine rings is 1. The fraction of sp³-hybridized carbons (Fsp3) is 0.333. The van der Waals surface area contributed by atoms with Crippen LogP contribution in [0.2, 0.25) is 0 Å². The van der Waals surface area contributed by atoms with Gasteiger partial charge in [-0.1, -0.05) is 32.0 Å². The van der Waals surface area contributed by atoms with E-state index >= 15 is 0 Å². The zero-order valence-corrected chi connectivity index (χ0v) is 22.7. The van der Waals surface area contributed by atoms with Crippen LogP contribution in [-0.2, 0) is 11.2 Å². The van der Waals surface area contributed by atoms with E-state index in [0.29, 0.717) is 23.7 Å². The summed E-state index contributed by atoms with van der Waals surface area (Å²) in [4.78, 5) is 18.8. The lowest BCUT2D eigenvalue weighted by Crippen LogP contribution is -2.46. The van der Waals surface area contributed by atoms with Crippen molar-refractivity contribution in [2.24, 2.45) is 0 Å². The van der Waals surface area contributed by atoms with Gasteiger partial charge in [0.1, 0.15) is 24.2 Å². The lowest BCUT2D eigenvalue weighted by molar-refractivity contribution is 0.0600. The van der Waals surface area contributed by atoms with Crippen molar-refractivity contribution >= 4 is 16.9 Å². The number of esters is 1. The molecule has 8 heteroatoms. The van der Waals surface area contributed by atoms with Gasteiger partial charge in [0, 0.05) is 41.4 Å². The Bertz CT molecular complexity index is 1280. The number of β-amino-alcohol motifs (C(OH)–C–C–N with tert-alkyl or cyclic N) is 1. The van der Waals surface area contributed by atoms with E-state index in [0.717, 1.165) is 28.6 Å². The average Bonchev–Trinajstić information content (AvgIpc) is 3.42. The Labute approximate surface area is 224 Å². The van der Waals surface area contributed by atoms with Crippen molar-refractivity contribution in [3.8, 4) is 17.4 Å². The molecule has 2 aromatic carbocycles. The van der Waals surface area contributed by atoms with Gasteiger partial charge < -0.3 is 29.6 Å². The van der Waals surface area contributed by atoms with Crippen LogP contribution in [0.3, 0.4) is 0 Å². The van der Waals surface area contributed by atoms with E-state index in [2.05, 4.69) is 33.9 Å². The Morgan fingerprint density at radius 2 is 1.84 bits per heavy atom. The number of nitrogens with one attached hydrogen (secondary N) is 2. The first-order chi connectivity index (χ1) is 18.3. The smallest absolute Gasteiger partial charge is 0.339 e. The summed E-state index contributed by atoms with van der Waals surface area (Å²) >= 11 is 0. The van der Waals surface area contributed by atoms with Crippen LogP contribution in [0.4, 0.5) is 0 Å². The predicted octanol–water partition coefficient (Wildman–Crippen LogP) is 5.52. The number of hydrogen-bond acceptors (Lipinski definition) is 7.